The number of anilines is 1. The average Bonchev–Trinajstić information content (AvgIpc) is 2.98. The molecule has 2 aromatic rings. The van der Waals surface area contributed by atoms with Gasteiger partial charge < -0.3 is 4.90 Å². The monoisotopic (exact) mass is 348 g/mol. The van der Waals surface area contributed by atoms with Gasteiger partial charge >= 0.3 is 0 Å². The molecule has 0 aliphatic carbocycles. The number of hydrogen-bond acceptors (Lipinski definition) is 3. The fourth-order valence-corrected chi connectivity index (χ4v) is 3.33. The van der Waals surface area contributed by atoms with Gasteiger partial charge in [0, 0.05) is 29.7 Å². The zero-order valence-electron chi connectivity index (χ0n) is 11.6. The molecule has 0 aliphatic rings. The third kappa shape index (κ3) is 3.41. The van der Waals surface area contributed by atoms with Crippen LogP contribution in [0.5, 0.6) is 0 Å². The van der Waals surface area contributed by atoms with Crippen molar-refractivity contribution in [2.24, 2.45) is 0 Å². The molecule has 1 aromatic carbocycles. The molecule has 1 heterocycles. The van der Waals surface area contributed by atoms with E-state index < -0.39 is 0 Å². The largest absolute Gasteiger partial charge is 0.370 e. The number of nitrogens with zero attached hydrogens (tertiary/aromatic N) is 2. The van der Waals surface area contributed by atoms with Crippen LogP contribution in [0.1, 0.15) is 22.9 Å². The molecule has 0 N–H and O–H groups in total. The van der Waals surface area contributed by atoms with Crippen LogP contribution in [-0.4, -0.2) is 13.1 Å². The molecule has 0 saturated carbocycles. The van der Waals surface area contributed by atoms with E-state index in [0.29, 0.717) is 6.04 Å². The summed E-state index contributed by atoms with van der Waals surface area (Å²) < 4.78 is 0. The summed E-state index contributed by atoms with van der Waals surface area (Å²) in [5, 5.41) is 12.2. The average molecular weight is 349 g/mol. The predicted molar refractivity (Wildman–Crippen MR) is 89.7 cm³/mol. The molecule has 0 amide bonds. The lowest BCUT2D eigenvalue weighted by Crippen LogP contribution is -2.31. The van der Waals surface area contributed by atoms with Crippen LogP contribution >= 0.6 is 27.3 Å². The van der Waals surface area contributed by atoms with E-state index in [2.05, 4.69) is 64.4 Å². The molecule has 0 bridgehead atoms. The van der Waals surface area contributed by atoms with Crippen molar-refractivity contribution in [3.05, 3.63) is 51.7 Å². The lowest BCUT2D eigenvalue weighted by molar-refractivity contribution is 0.687. The Morgan fingerprint density at radius 3 is 2.80 bits per heavy atom. The minimum atomic E-state index is 0.357. The van der Waals surface area contributed by atoms with Gasteiger partial charge in [-0.1, -0.05) is 28.1 Å². The summed E-state index contributed by atoms with van der Waals surface area (Å²) in [6.07, 6.45) is 0.999. The van der Waals surface area contributed by atoms with Gasteiger partial charge in [0.25, 0.3) is 0 Å². The van der Waals surface area contributed by atoms with E-state index in [9.17, 15) is 5.26 Å². The highest BCUT2D eigenvalue weighted by molar-refractivity contribution is 9.08. The zero-order chi connectivity index (χ0) is 14.5. The molecule has 0 radical (unpaired) electrons. The van der Waals surface area contributed by atoms with Crippen molar-refractivity contribution in [2.45, 2.75) is 24.7 Å². The van der Waals surface area contributed by atoms with Crippen molar-refractivity contribution in [3.8, 4) is 6.07 Å². The Morgan fingerprint density at radius 2 is 2.20 bits per heavy atom. The summed E-state index contributed by atoms with van der Waals surface area (Å²) in [6.45, 7) is 2.19. The number of likely N-dealkylation sites (N-methyl/N-ethyl adjacent to an activating group) is 1. The second-order valence-corrected chi connectivity index (χ2v) is 6.43. The molecule has 2 nitrogen and oxygen atoms in total. The zero-order valence-corrected chi connectivity index (χ0v) is 14.0. The second-order valence-electron chi connectivity index (χ2n) is 4.84. The number of hydrogen-bond donors (Lipinski definition) is 0. The lowest BCUT2D eigenvalue weighted by atomic mass is 10.1. The molecular formula is C16H17BrN2S. The first-order chi connectivity index (χ1) is 9.65. The molecule has 4 heteroatoms. The minimum Gasteiger partial charge on any atom is -0.370 e. The van der Waals surface area contributed by atoms with Gasteiger partial charge in [0.2, 0.25) is 0 Å². The maximum absolute atomic E-state index is 9.34. The van der Waals surface area contributed by atoms with Crippen LogP contribution in [0.15, 0.2) is 35.7 Å². The van der Waals surface area contributed by atoms with Crippen LogP contribution < -0.4 is 4.90 Å². The van der Waals surface area contributed by atoms with E-state index in [-0.39, 0.29) is 0 Å². The maximum atomic E-state index is 9.34. The highest BCUT2D eigenvalue weighted by Gasteiger charge is 2.15. The van der Waals surface area contributed by atoms with E-state index in [0.717, 1.165) is 28.6 Å². The first kappa shape index (κ1) is 15.1. The van der Waals surface area contributed by atoms with Crippen LogP contribution in [-0.2, 0) is 11.8 Å². The standard InChI is InChI=1S/C16H17BrN2S/c1-12(8-15-4-3-7-20-15)19(2)16-6-5-13(10-17)9-14(16)11-18/h3-7,9,12H,8,10H2,1-2H3. The van der Waals surface area contributed by atoms with Crippen LogP contribution in [0.3, 0.4) is 0 Å². The van der Waals surface area contributed by atoms with Gasteiger partial charge in [0.15, 0.2) is 0 Å². The second kappa shape index (κ2) is 6.92. The number of nitriles is 1. The molecule has 0 fully saturated rings. The third-order valence-corrected chi connectivity index (χ3v) is 5.00. The molecule has 0 saturated heterocycles. The Morgan fingerprint density at radius 1 is 1.40 bits per heavy atom. The van der Waals surface area contributed by atoms with Gasteiger partial charge in [-0.2, -0.15) is 5.26 Å². The topological polar surface area (TPSA) is 27.0 Å². The van der Waals surface area contributed by atoms with Gasteiger partial charge in [-0.15, -0.1) is 11.3 Å². The van der Waals surface area contributed by atoms with Crippen LogP contribution in [0, 0.1) is 11.3 Å². The van der Waals surface area contributed by atoms with E-state index >= 15 is 0 Å². The van der Waals surface area contributed by atoms with Gasteiger partial charge in [-0.25, -0.2) is 0 Å². The number of halogens is 1. The number of thiophene rings is 1. The molecule has 1 unspecified atom stereocenters. The SMILES string of the molecule is CC(Cc1cccs1)N(C)c1ccc(CBr)cc1C#N. The highest BCUT2D eigenvalue weighted by Crippen LogP contribution is 2.25. The van der Waals surface area contributed by atoms with Crippen LogP contribution in [0.25, 0.3) is 0 Å². The molecule has 0 aliphatic heterocycles. The summed E-state index contributed by atoms with van der Waals surface area (Å²) in [4.78, 5) is 3.57. The normalized spacial score (nSPS) is 11.9. The number of rotatable bonds is 5. The summed E-state index contributed by atoms with van der Waals surface area (Å²) in [5.74, 6) is 0. The summed E-state index contributed by atoms with van der Waals surface area (Å²) in [6, 6.07) is 13.0. The molecular weight excluding hydrogens is 332 g/mol. The Kier molecular flexibility index (Phi) is 5.22. The summed E-state index contributed by atoms with van der Waals surface area (Å²) >= 11 is 5.21. The maximum Gasteiger partial charge on any atom is 0.101 e. The molecule has 2 rings (SSSR count). The van der Waals surface area contributed by atoms with E-state index in [1.807, 2.05) is 12.1 Å². The third-order valence-electron chi connectivity index (χ3n) is 3.45. The van der Waals surface area contributed by atoms with Crippen molar-refractivity contribution in [1.29, 1.82) is 5.26 Å². The smallest absolute Gasteiger partial charge is 0.101 e. The first-order valence-electron chi connectivity index (χ1n) is 6.50. The molecule has 104 valence electrons. The lowest BCUT2D eigenvalue weighted by Gasteiger charge is -2.27. The fourth-order valence-electron chi connectivity index (χ4n) is 2.16. The minimum absolute atomic E-state index is 0.357. The first-order valence-corrected chi connectivity index (χ1v) is 8.50. The summed E-state index contributed by atoms with van der Waals surface area (Å²) in [7, 11) is 2.06. The van der Waals surface area contributed by atoms with Crippen LogP contribution in [0.2, 0.25) is 0 Å². The number of benzene rings is 1. The molecule has 20 heavy (non-hydrogen) atoms. The van der Waals surface area contributed by atoms with E-state index in [1.165, 1.54) is 4.88 Å². The Bertz CT molecular complexity index is 601. The quantitative estimate of drug-likeness (QED) is 0.739. The summed E-state index contributed by atoms with van der Waals surface area (Å²) in [5.41, 5.74) is 2.87. The predicted octanol–water partition coefficient (Wildman–Crippen LogP) is 4.58. The van der Waals surface area contributed by atoms with Crippen molar-refractivity contribution < 1.29 is 0 Å². The van der Waals surface area contributed by atoms with Crippen molar-refractivity contribution in [2.75, 3.05) is 11.9 Å². The van der Waals surface area contributed by atoms with Crippen molar-refractivity contribution >= 4 is 33.0 Å². The van der Waals surface area contributed by atoms with Crippen molar-refractivity contribution in [3.63, 3.8) is 0 Å². The Labute approximate surface area is 132 Å². The highest BCUT2D eigenvalue weighted by atomic mass is 79.9. The van der Waals surface area contributed by atoms with Gasteiger partial charge in [0.1, 0.15) is 6.07 Å². The van der Waals surface area contributed by atoms with Gasteiger partial charge in [0.05, 0.1) is 11.3 Å². The van der Waals surface area contributed by atoms with Crippen molar-refractivity contribution in [1.82, 2.24) is 0 Å². The van der Waals surface area contributed by atoms with E-state index in [4.69, 9.17) is 0 Å². The molecule has 1 atom stereocenters. The van der Waals surface area contributed by atoms with E-state index in [1.54, 1.807) is 11.3 Å². The fraction of sp³-hybridized carbons (Fsp3) is 0.312. The van der Waals surface area contributed by atoms with Gasteiger partial charge in [-0.3, -0.25) is 0 Å². The molecule has 0 spiro atoms. The Hall–Kier alpha value is -1.31. The van der Waals surface area contributed by atoms with Crippen LogP contribution in [0.4, 0.5) is 5.69 Å². The number of alkyl halides is 1. The Balaban J connectivity index is 2.20. The molecule has 1 aromatic heterocycles. The van der Waals surface area contributed by atoms with Gasteiger partial charge in [-0.05, 0) is 36.1 Å².